The highest BCUT2D eigenvalue weighted by atomic mass is 16.5. The molecule has 2 fully saturated rings. The lowest BCUT2D eigenvalue weighted by atomic mass is 9.83. The molecular weight excluding hydrogens is 356 g/mol. The first-order chi connectivity index (χ1) is 13.7. The molecule has 8 nitrogen and oxygen atoms in total. The quantitative estimate of drug-likeness (QED) is 0.782. The molecule has 4 heterocycles. The average Bonchev–Trinajstić information content (AvgIpc) is 3.14. The van der Waals surface area contributed by atoms with Crippen LogP contribution in [-0.2, 0) is 11.2 Å². The third-order valence-corrected chi connectivity index (χ3v) is 6.11. The fourth-order valence-electron chi connectivity index (χ4n) is 4.64. The molecule has 2 aliphatic heterocycles. The zero-order chi connectivity index (χ0) is 19.3. The molecular formula is C20H30N6O2. The number of hydrogen-bond acceptors (Lipinski definition) is 6. The summed E-state index contributed by atoms with van der Waals surface area (Å²) >= 11 is 0. The van der Waals surface area contributed by atoms with Gasteiger partial charge in [-0.1, -0.05) is 6.42 Å². The van der Waals surface area contributed by atoms with E-state index in [-0.39, 0.29) is 5.91 Å². The van der Waals surface area contributed by atoms with Gasteiger partial charge in [0.2, 0.25) is 11.8 Å². The predicted molar refractivity (Wildman–Crippen MR) is 105 cm³/mol. The normalized spacial score (nSPS) is 22.8. The number of piperidine rings is 2. The van der Waals surface area contributed by atoms with Gasteiger partial charge in [-0.15, -0.1) is 15.3 Å². The molecule has 0 radical (unpaired) electrons. The highest BCUT2D eigenvalue weighted by Crippen LogP contribution is 2.30. The number of amides is 1. The number of carbonyl (C=O) groups is 1. The highest BCUT2D eigenvalue weighted by Gasteiger charge is 2.32. The molecule has 2 aromatic heterocycles. The van der Waals surface area contributed by atoms with Gasteiger partial charge in [-0.25, -0.2) is 0 Å². The van der Waals surface area contributed by atoms with Crippen LogP contribution in [0.25, 0.3) is 5.65 Å². The number of carbonyl (C=O) groups excluding carboxylic acids is 1. The number of ether oxygens (including phenoxy) is 1. The van der Waals surface area contributed by atoms with Crippen molar-refractivity contribution in [3.05, 3.63) is 18.0 Å². The van der Waals surface area contributed by atoms with Crippen LogP contribution in [0.4, 0.5) is 0 Å². The molecule has 4 rings (SSSR count). The monoisotopic (exact) mass is 386 g/mol. The third-order valence-electron chi connectivity index (χ3n) is 6.11. The van der Waals surface area contributed by atoms with Crippen LogP contribution in [0.3, 0.4) is 0 Å². The Hall–Kier alpha value is -2.22. The van der Waals surface area contributed by atoms with E-state index in [1.807, 2.05) is 6.07 Å². The highest BCUT2D eigenvalue weighted by molar-refractivity contribution is 5.75. The first-order valence-corrected chi connectivity index (χ1v) is 10.5. The second kappa shape index (κ2) is 8.86. The summed E-state index contributed by atoms with van der Waals surface area (Å²) in [4.78, 5) is 15.0. The molecule has 2 aliphatic rings. The Morgan fingerprint density at radius 3 is 3.00 bits per heavy atom. The van der Waals surface area contributed by atoms with Crippen LogP contribution in [0.15, 0.2) is 12.1 Å². The first-order valence-electron chi connectivity index (χ1n) is 10.5. The maximum atomic E-state index is 12.3. The summed E-state index contributed by atoms with van der Waals surface area (Å²) in [6, 6.07) is 4.26. The molecule has 1 amide bonds. The lowest BCUT2D eigenvalue weighted by Gasteiger charge is -2.44. The van der Waals surface area contributed by atoms with Crippen LogP contribution in [0, 0.1) is 5.92 Å². The van der Waals surface area contributed by atoms with Gasteiger partial charge in [-0.2, -0.15) is 4.52 Å². The van der Waals surface area contributed by atoms with Gasteiger partial charge in [0, 0.05) is 31.5 Å². The number of fused-ring (bicyclic) bond motifs is 2. The Labute approximate surface area is 165 Å². The summed E-state index contributed by atoms with van der Waals surface area (Å²) in [5, 5.41) is 15.8. The number of rotatable bonds is 7. The molecule has 0 spiro atoms. The lowest BCUT2D eigenvalue weighted by molar-refractivity contribution is -0.121. The third kappa shape index (κ3) is 4.27. The standard InChI is InChI=1S/C20H30N6O2/c1-28-20-11-10-18-23-22-17(26(18)24-20)8-4-9-19(27)21-14-15-6-5-13-25-12-3-2-7-16(15)25/h10-11,15-16H,2-9,12-14H2,1H3,(H,21,27)/t15-,16+/m1/s1. The molecule has 152 valence electrons. The minimum Gasteiger partial charge on any atom is -0.480 e. The Morgan fingerprint density at radius 1 is 1.21 bits per heavy atom. The molecule has 28 heavy (non-hydrogen) atoms. The van der Waals surface area contributed by atoms with E-state index in [2.05, 4.69) is 25.5 Å². The van der Waals surface area contributed by atoms with Crippen molar-refractivity contribution in [3.8, 4) is 5.88 Å². The Bertz CT molecular complexity index is 805. The number of aryl methyl sites for hydroxylation is 1. The SMILES string of the molecule is COc1ccc2nnc(CCCC(=O)NC[C@H]3CCCN4CCCC[C@@H]34)n2n1. The van der Waals surface area contributed by atoms with E-state index in [0.29, 0.717) is 36.3 Å². The molecule has 8 heteroatoms. The second-order valence-corrected chi connectivity index (χ2v) is 7.92. The maximum absolute atomic E-state index is 12.3. The smallest absolute Gasteiger partial charge is 0.231 e. The van der Waals surface area contributed by atoms with Gasteiger partial charge >= 0.3 is 0 Å². The van der Waals surface area contributed by atoms with Crippen molar-refractivity contribution in [2.24, 2.45) is 5.92 Å². The van der Waals surface area contributed by atoms with Crippen molar-refractivity contribution in [2.45, 2.75) is 57.4 Å². The summed E-state index contributed by atoms with van der Waals surface area (Å²) in [6.07, 6.45) is 8.33. The van der Waals surface area contributed by atoms with Crippen LogP contribution in [0.1, 0.15) is 50.8 Å². The van der Waals surface area contributed by atoms with Crippen molar-refractivity contribution in [1.82, 2.24) is 30.0 Å². The van der Waals surface area contributed by atoms with Gasteiger partial charge in [0.05, 0.1) is 7.11 Å². The van der Waals surface area contributed by atoms with E-state index in [0.717, 1.165) is 18.8 Å². The Morgan fingerprint density at radius 2 is 2.11 bits per heavy atom. The molecule has 2 atom stereocenters. The van der Waals surface area contributed by atoms with E-state index in [1.54, 1.807) is 17.7 Å². The molecule has 2 aromatic rings. The van der Waals surface area contributed by atoms with Gasteiger partial charge < -0.3 is 15.0 Å². The summed E-state index contributed by atoms with van der Waals surface area (Å²) in [5.41, 5.74) is 0.689. The van der Waals surface area contributed by atoms with E-state index < -0.39 is 0 Å². The van der Waals surface area contributed by atoms with Crippen molar-refractivity contribution >= 4 is 11.6 Å². The maximum Gasteiger partial charge on any atom is 0.231 e. The van der Waals surface area contributed by atoms with Crippen LogP contribution >= 0.6 is 0 Å². The Balaban J connectivity index is 1.24. The fraction of sp³-hybridized carbons (Fsp3) is 0.700. The molecule has 0 aromatic carbocycles. The summed E-state index contributed by atoms with van der Waals surface area (Å²) in [5.74, 6) is 2.02. The van der Waals surface area contributed by atoms with Crippen molar-refractivity contribution in [3.63, 3.8) is 0 Å². The topological polar surface area (TPSA) is 84.6 Å². The van der Waals surface area contributed by atoms with Gasteiger partial charge in [0.25, 0.3) is 0 Å². The van der Waals surface area contributed by atoms with Crippen molar-refractivity contribution < 1.29 is 9.53 Å². The number of nitrogens with zero attached hydrogens (tertiary/aromatic N) is 5. The van der Waals surface area contributed by atoms with Crippen LogP contribution in [-0.4, -0.2) is 63.4 Å². The average molecular weight is 387 g/mol. The Kier molecular flexibility index (Phi) is 6.04. The van der Waals surface area contributed by atoms with Gasteiger partial charge in [-0.05, 0) is 57.2 Å². The van der Waals surface area contributed by atoms with E-state index in [4.69, 9.17) is 4.74 Å². The van der Waals surface area contributed by atoms with Crippen LogP contribution in [0.5, 0.6) is 5.88 Å². The number of aromatic nitrogens is 4. The fourth-order valence-corrected chi connectivity index (χ4v) is 4.64. The number of nitrogens with one attached hydrogen (secondary N) is 1. The predicted octanol–water partition coefficient (Wildman–Crippen LogP) is 1.84. The molecule has 0 bridgehead atoms. The van der Waals surface area contributed by atoms with Crippen molar-refractivity contribution in [2.75, 3.05) is 26.7 Å². The second-order valence-electron chi connectivity index (χ2n) is 7.92. The molecule has 2 saturated heterocycles. The summed E-state index contributed by atoms with van der Waals surface area (Å²) in [7, 11) is 1.58. The first kappa shape index (κ1) is 19.1. The minimum absolute atomic E-state index is 0.132. The molecule has 1 N–H and O–H groups in total. The van der Waals surface area contributed by atoms with E-state index >= 15 is 0 Å². The number of hydrogen-bond donors (Lipinski definition) is 1. The number of methoxy groups -OCH3 is 1. The zero-order valence-electron chi connectivity index (χ0n) is 16.6. The lowest BCUT2D eigenvalue weighted by Crippen LogP contribution is -2.50. The van der Waals surface area contributed by atoms with Crippen molar-refractivity contribution in [1.29, 1.82) is 0 Å². The zero-order valence-corrected chi connectivity index (χ0v) is 16.6. The van der Waals surface area contributed by atoms with E-state index in [1.165, 1.54) is 45.2 Å². The molecule has 0 saturated carbocycles. The van der Waals surface area contributed by atoms with Gasteiger partial charge in [0.15, 0.2) is 11.5 Å². The van der Waals surface area contributed by atoms with Gasteiger partial charge in [-0.3, -0.25) is 4.79 Å². The molecule has 0 unspecified atom stereocenters. The minimum atomic E-state index is 0.132. The van der Waals surface area contributed by atoms with Crippen LogP contribution in [0.2, 0.25) is 0 Å². The molecule has 0 aliphatic carbocycles. The summed E-state index contributed by atoms with van der Waals surface area (Å²) in [6.45, 7) is 3.28. The van der Waals surface area contributed by atoms with Crippen LogP contribution < -0.4 is 10.1 Å². The van der Waals surface area contributed by atoms with Gasteiger partial charge in [0.1, 0.15) is 0 Å². The van der Waals surface area contributed by atoms with E-state index in [9.17, 15) is 4.79 Å². The summed E-state index contributed by atoms with van der Waals surface area (Å²) < 4.78 is 6.85. The largest absolute Gasteiger partial charge is 0.480 e.